The summed E-state index contributed by atoms with van der Waals surface area (Å²) in [7, 11) is 0. The Morgan fingerprint density at radius 2 is 2.21 bits per heavy atom. The van der Waals surface area contributed by atoms with Crippen molar-refractivity contribution < 1.29 is 4.39 Å². The number of hydrogen-bond donors (Lipinski definition) is 1. The highest BCUT2D eigenvalue weighted by molar-refractivity contribution is 6.31. The molecule has 76 valence electrons. The molecule has 1 fully saturated rings. The monoisotopic (exact) mass is 213 g/mol. The third kappa shape index (κ3) is 2.25. The lowest BCUT2D eigenvalue weighted by Gasteiger charge is -2.12. The zero-order chi connectivity index (χ0) is 10.1. The van der Waals surface area contributed by atoms with E-state index in [0.717, 1.165) is 17.9 Å². The molecule has 0 heterocycles. The summed E-state index contributed by atoms with van der Waals surface area (Å²) in [4.78, 5) is 0. The van der Waals surface area contributed by atoms with Crippen LogP contribution in [0.1, 0.15) is 30.9 Å². The molecule has 0 spiro atoms. The van der Waals surface area contributed by atoms with E-state index in [-0.39, 0.29) is 11.9 Å². The molecule has 14 heavy (non-hydrogen) atoms. The summed E-state index contributed by atoms with van der Waals surface area (Å²) in [5, 5.41) is 0.443. The summed E-state index contributed by atoms with van der Waals surface area (Å²) in [6, 6.07) is 4.37. The van der Waals surface area contributed by atoms with Gasteiger partial charge in [-0.25, -0.2) is 4.39 Å². The Hall–Kier alpha value is -0.600. The van der Waals surface area contributed by atoms with Gasteiger partial charge in [-0.2, -0.15) is 0 Å². The molecule has 3 heteroatoms. The van der Waals surface area contributed by atoms with Gasteiger partial charge in [-0.3, -0.25) is 0 Å². The van der Waals surface area contributed by atoms with Crippen molar-refractivity contribution in [2.75, 3.05) is 0 Å². The molecule has 1 atom stereocenters. The van der Waals surface area contributed by atoms with Gasteiger partial charge >= 0.3 is 0 Å². The van der Waals surface area contributed by atoms with Crippen LogP contribution in [0.3, 0.4) is 0 Å². The Kier molecular flexibility index (Phi) is 2.75. The van der Waals surface area contributed by atoms with Crippen LogP contribution in [0, 0.1) is 11.7 Å². The van der Waals surface area contributed by atoms with Crippen LogP contribution < -0.4 is 5.73 Å². The van der Waals surface area contributed by atoms with E-state index in [1.54, 1.807) is 6.07 Å². The van der Waals surface area contributed by atoms with Gasteiger partial charge in [-0.05, 0) is 30.0 Å². The highest BCUT2D eigenvalue weighted by Crippen LogP contribution is 2.38. The first-order chi connectivity index (χ1) is 6.66. The lowest BCUT2D eigenvalue weighted by molar-refractivity contribution is 0.591. The minimum Gasteiger partial charge on any atom is -0.324 e. The molecule has 0 aliphatic heterocycles. The average Bonchev–Trinajstić information content (AvgIpc) is 2.87. The van der Waals surface area contributed by atoms with Gasteiger partial charge in [0, 0.05) is 11.1 Å². The van der Waals surface area contributed by atoms with Gasteiger partial charge < -0.3 is 5.73 Å². The molecule has 1 aromatic carbocycles. The SMILES string of the molecule is NC(CC1CC1)c1ccc(F)cc1Cl. The normalized spacial score (nSPS) is 18.2. The smallest absolute Gasteiger partial charge is 0.124 e. The van der Waals surface area contributed by atoms with Crippen molar-refractivity contribution in [2.45, 2.75) is 25.3 Å². The maximum Gasteiger partial charge on any atom is 0.124 e. The average molecular weight is 214 g/mol. The predicted molar refractivity (Wildman–Crippen MR) is 55.7 cm³/mol. The summed E-state index contributed by atoms with van der Waals surface area (Å²) < 4.78 is 12.8. The molecule has 1 unspecified atom stereocenters. The third-order valence-corrected chi connectivity index (χ3v) is 2.97. The summed E-state index contributed by atoms with van der Waals surface area (Å²) in [6.45, 7) is 0. The van der Waals surface area contributed by atoms with Crippen LogP contribution in [0.25, 0.3) is 0 Å². The summed E-state index contributed by atoms with van der Waals surface area (Å²) >= 11 is 5.91. The van der Waals surface area contributed by atoms with Crippen molar-refractivity contribution in [3.63, 3.8) is 0 Å². The minimum atomic E-state index is -0.308. The van der Waals surface area contributed by atoms with Gasteiger partial charge in [0.15, 0.2) is 0 Å². The number of halogens is 2. The topological polar surface area (TPSA) is 26.0 Å². The van der Waals surface area contributed by atoms with Crippen molar-refractivity contribution in [2.24, 2.45) is 11.7 Å². The first kappa shape index (κ1) is 9.94. The molecule has 0 bridgehead atoms. The third-order valence-electron chi connectivity index (χ3n) is 2.65. The zero-order valence-electron chi connectivity index (χ0n) is 7.84. The lowest BCUT2D eigenvalue weighted by atomic mass is 10.0. The van der Waals surface area contributed by atoms with Gasteiger partial charge in [0.1, 0.15) is 5.82 Å². The first-order valence-corrected chi connectivity index (χ1v) is 5.25. The molecular weight excluding hydrogens is 201 g/mol. The molecular formula is C11H13ClFN. The van der Waals surface area contributed by atoms with Crippen LogP contribution >= 0.6 is 11.6 Å². The summed E-state index contributed by atoms with van der Waals surface area (Å²) in [5.41, 5.74) is 6.84. The van der Waals surface area contributed by atoms with Crippen LogP contribution in [0.4, 0.5) is 4.39 Å². The molecule has 2 N–H and O–H groups in total. The van der Waals surface area contributed by atoms with Crippen LogP contribution in [-0.4, -0.2) is 0 Å². The highest BCUT2D eigenvalue weighted by Gasteiger charge is 2.25. The molecule has 1 aliphatic rings. The van der Waals surface area contributed by atoms with Crippen LogP contribution in [0.2, 0.25) is 5.02 Å². The second kappa shape index (κ2) is 3.87. The van der Waals surface area contributed by atoms with Gasteiger partial charge in [-0.1, -0.05) is 30.5 Å². The van der Waals surface area contributed by atoms with Gasteiger partial charge in [-0.15, -0.1) is 0 Å². The van der Waals surface area contributed by atoms with Crippen molar-refractivity contribution >= 4 is 11.6 Å². The second-order valence-corrected chi connectivity index (χ2v) is 4.36. The van der Waals surface area contributed by atoms with Crippen molar-refractivity contribution in [1.82, 2.24) is 0 Å². The van der Waals surface area contributed by atoms with E-state index in [9.17, 15) is 4.39 Å². The predicted octanol–water partition coefficient (Wildman–Crippen LogP) is 3.28. The van der Waals surface area contributed by atoms with E-state index in [0.29, 0.717) is 5.02 Å². The van der Waals surface area contributed by atoms with Gasteiger partial charge in [0.2, 0.25) is 0 Å². The fourth-order valence-electron chi connectivity index (χ4n) is 1.64. The Balaban J connectivity index is 2.13. The Morgan fingerprint density at radius 3 is 2.79 bits per heavy atom. The lowest BCUT2D eigenvalue weighted by Crippen LogP contribution is -2.11. The Bertz CT molecular complexity index is 336. The second-order valence-electron chi connectivity index (χ2n) is 3.95. The quantitative estimate of drug-likeness (QED) is 0.820. The van der Waals surface area contributed by atoms with Gasteiger partial charge in [0.25, 0.3) is 0 Å². The van der Waals surface area contributed by atoms with Crippen molar-refractivity contribution in [3.05, 3.63) is 34.6 Å². The number of nitrogens with two attached hydrogens (primary N) is 1. The van der Waals surface area contributed by atoms with Crippen LogP contribution in [0.15, 0.2) is 18.2 Å². The number of hydrogen-bond acceptors (Lipinski definition) is 1. The molecule has 0 aromatic heterocycles. The fourth-order valence-corrected chi connectivity index (χ4v) is 1.95. The summed E-state index contributed by atoms with van der Waals surface area (Å²) in [6.07, 6.45) is 3.50. The molecule has 0 amide bonds. The molecule has 0 saturated heterocycles. The van der Waals surface area contributed by atoms with E-state index in [1.807, 2.05) is 0 Å². The molecule has 0 radical (unpaired) electrons. The maximum atomic E-state index is 12.8. The zero-order valence-corrected chi connectivity index (χ0v) is 8.60. The minimum absolute atomic E-state index is 0.0457. The number of rotatable bonds is 3. The summed E-state index contributed by atoms with van der Waals surface area (Å²) in [5.74, 6) is 0.448. The molecule has 1 aliphatic carbocycles. The van der Waals surface area contributed by atoms with E-state index in [1.165, 1.54) is 25.0 Å². The highest BCUT2D eigenvalue weighted by atomic mass is 35.5. The van der Waals surface area contributed by atoms with E-state index >= 15 is 0 Å². The molecule has 1 nitrogen and oxygen atoms in total. The molecule has 1 saturated carbocycles. The first-order valence-electron chi connectivity index (χ1n) is 4.87. The molecule has 1 aromatic rings. The molecule has 2 rings (SSSR count). The van der Waals surface area contributed by atoms with Crippen molar-refractivity contribution in [1.29, 1.82) is 0 Å². The maximum absolute atomic E-state index is 12.8. The van der Waals surface area contributed by atoms with Crippen LogP contribution in [-0.2, 0) is 0 Å². The fraction of sp³-hybridized carbons (Fsp3) is 0.455. The Labute approximate surface area is 88.1 Å². The van der Waals surface area contributed by atoms with Crippen LogP contribution in [0.5, 0.6) is 0 Å². The largest absolute Gasteiger partial charge is 0.324 e. The number of benzene rings is 1. The van der Waals surface area contributed by atoms with Gasteiger partial charge in [0.05, 0.1) is 0 Å². The van der Waals surface area contributed by atoms with E-state index in [4.69, 9.17) is 17.3 Å². The van der Waals surface area contributed by atoms with E-state index < -0.39 is 0 Å². The standard InChI is InChI=1S/C11H13ClFN/c12-10-6-8(13)3-4-9(10)11(14)5-7-1-2-7/h3-4,6-7,11H,1-2,5,14H2. The van der Waals surface area contributed by atoms with Crippen molar-refractivity contribution in [3.8, 4) is 0 Å². The van der Waals surface area contributed by atoms with E-state index in [2.05, 4.69) is 0 Å². The Morgan fingerprint density at radius 1 is 1.50 bits per heavy atom.